The summed E-state index contributed by atoms with van der Waals surface area (Å²) in [5, 5.41) is 13.0. The minimum Gasteiger partial charge on any atom is -0.497 e. The average Bonchev–Trinajstić information content (AvgIpc) is 2.92. The number of aliphatic hydroxyl groups excluding tert-OH is 1. The van der Waals surface area contributed by atoms with Gasteiger partial charge in [-0.3, -0.25) is 0 Å². The van der Waals surface area contributed by atoms with Crippen molar-refractivity contribution in [2.24, 2.45) is 0 Å². The Labute approximate surface area is 111 Å². The topological polar surface area (TPSA) is 77.6 Å². The number of nitrogens with zero attached hydrogens (tertiary/aromatic N) is 2. The molecule has 0 unspecified atom stereocenters. The summed E-state index contributed by atoms with van der Waals surface area (Å²) in [6.07, 6.45) is 0.713. The van der Waals surface area contributed by atoms with Crippen LogP contribution in [0.15, 0.2) is 22.7 Å². The van der Waals surface area contributed by atoms with Gasteiger partial charge in [0, 0.05) is 18.1 Å². The zero-order valence-electron chi connectivity index (χ0n) is 10.9. The highest BCUT2D eigenvalue weighted by Gasteiger charge is 2.09. The summed E-state index contributed by atoms with van der Waals surface area (Å²) in [5.41, 5.74) is 0.677. The molecule has 19 heavy (non-hydrogen) atoms. The van der Waals surface area contributed by atoms with E-state index in [1.54, 1.807) is 25.3 Å². The molecule has 0 fully saturated rings. The van der Waals surface area contributed by atoms with E-state index in [4.69, 9.17) is 14.0 Å². The molecule has 1 aromatic heterocycles. The van der Waals surface area contributed by atoms with E-state index in [-0.39, 0.29) is 13.2 Å². The van der Waals surface area contributed by atoms with Gasteiger partial charge in [0.15, 0.2) is 12.4 Å². The third-order valence-electron chi connectivity index (χ3n) is 2.62. The maximum Gasteiger partial charge on any atom is 0.264 e. The van der Waals surface area contributed by atoms with Gasteiger partial charge in [-0.15, -0.1) is 0 Å². The van der Waals surface area contributed by atoms with Gasteiger partial charge in [-0.25, -0.2) is 0 Å². The highest BCUT2D eigenvalue weighted by molar-refractivity contribution is 5.40. The Kier molecular flexibility index (Phi) is 4.35. The van der Waals surface area contributed by atoms with Crippen LogP contribution < -0.4 is 9.47 Å². The molecular weight excluding hydrogens is 248 g/mol. The molecule has 0 aliphatic heterocycles. The molecule has 102 valence electrons. The molecular formula is C13H16N2O4. The molecule has 0 bridgehead atoms. The lowest BCUT2D eigenvalue weighted by atomic mass is 10.2. The van der Waals surface area contributed by atoms with Crippen molar-refractivity contribution in [3.63, 3.8) is 0 Å². The first kappa shape index (κ1) is 13.4. The lowest BCUT2D eigenvalue weighted by molar-refractivity contribution is 0.228. The van der Waals surface area contributed by atoms with Crippen molar-refractivity contribution < 1.29 is 19.1 Å². The minimum absolute atomic E-state index is 0.108. The van der Waals surface area contributed by atoms with Crippen molar-refractivity contribution in [2.75, 3.05) is 7.11 Å². The van der Waals surface area contributed by atoms with E-state index >= 15 is 0 Å². The first-order valence-electron chi connectivity index (χ1n) is 5.98. The van der Waals surface area contributed by atoms with Crippen LogP contribution in [0.5, 0.6) is 11.5 Å². The third-order valence-corrected chi connectivity index (χ3v) is 2.62. The largest absolute Gasteiger partial charge is 0.497 e. The molecule has 0 aliphatic carbocycles. The van der Waals surface area contributed by atoms with Crippen LogP contribution in [0.25, 0.3) is 0 Å². The first-order valence-corrected chi connectivity index (χ1v) is 5.98. The van der Waals surface area contributed by atoms with Crippen molar-refractivity contribution >= 4 is 0 Å². The van der Waals surface area contributed by atoms with Crippen molar-refractivity contribution in [2.45, 2.75) is 26.6 Å². The fraction of sp³-hybridized carbons (Fsp3) is 0.385. The molecule has 0 saturated carbocycles. The fourth-order valence-corrected chi connectivity index (χ4v) is 1.56. The molecule has 0 atom stereocenters. The Morgan fingerprint density at radius 3 is 2.84 bits per heavy atom. The Hall–Kier alpha value is -2.08. The second-order valence-corrected chi connectivity index (χ2v) is 3.88. The maximum absolute atomic E-state index is 9.25. The fourth-order valence-electron chi connectivity index (χ4n) is 1.56. The Morgan fingerprint density at radius 2 is 2.21 bits per heavy atom. The van der Waals surface area contributed by atoms with Crippen molar-refractivity contribution in [3.05, 3.63) is 35.5 Å². The Morgan fingerprint density at radius 1 is 1.37 bits per heavy atom. The molecule has 1 N–H and O–H groups in total. The summed E-state index contributed by atoms with van der Waals surface area (Å²) in [6.45, 7) is 2.00. The molecule has 0 saturated heterocycles. The first-order chi connectivity index (χ1) is 9.26. The molecule has 2 aromatic rings. The summed E-state index contributed by atoms with van der Waals surface area (Å²) in [4.78, 5) is 4.15. The normalized spacial score (nSPS) is 10.5. The van der Waals surface area contributed by atoms with Crippen LogP contribution in [0, 0.1) is 0 Å². The van der Waals surface area contributed by atoms with Crippen LogP contribution in [-0.4, -0.2) is 22.4 Å². The number of aryl methyl sites for hydroxylation is 1. The predicted octanol–water partition coefficient (Wildman–Crippen LogP) is 1.71. The van der Waals surface area contributed by atoms with Gasteiger partial charge in [0.05, 0.1) is 13.7 Å². The molecule has 2 rings (SSSR count). The molecule has 0 aliphatic rings. The molecule has 1 aromatic carbocycles. The maximum atomic E-state index is 9.25. The van der Waals surface area contributed by atoms with E-state index in [1.165, 1.54) is 0 Å². The van der Waals surface area contributed by atoms with Gasteiger partial charge in [0.2, 0.25) is 0 Å². The van der Waals surface area contributed by atoms with Crippen LogP contribution in [0.4, 0.5) is 0 Å². The van der Waals surface area contributed by atoms with Gasteiger partial charge in [-0.05, 0) is 12.1 Å². The highest BCUT2D eigenvalue weighted by Crippen LogP contribution is 2.25. The third kappa shape index (κ3) is 3.23. The summed E-state index contributed by atoms with van der Waals surface area (Å²) in [7, 11) is 1.57. The van der Waals surface area contributed by atoms with Gasteiger partial charge in [-0.1, -0.05) is 12.1 Å². The van der Waals surface area contributed by atoms with E-state index in [0.29, 0.717) is 35.2 Å². The number of ether oxygens (including phenoxy) is 2. The number of benzene rings is 1. The van der Waals surface area contributed by atoms with Crippen molar-refractivity contribution in [1.82, 2.24) is 10.1 Å². The summed E-state index contributed by atoms with van der Waals surface area (Å²) >= 11 is 0. The smallest absolute Gasteiger partial charge is 0.264 e. The molecule has 1 heterocycles. The summed E-state index contributed by atoms with van der Waals surface area (Å²) < 4.78 is 15.7. The van der Waals surface area contributed by atoms with Crippen LogP contribution in [0.1, 0.15) is 24.2 Å². The van der Waals surface area contributed by atoms with Crippen molar-refractivity contribution in [1.29, 1.82) is 0 Å². The Balaban J connectivity index is 2.09. The molecule has 0 amide bonds. The SMILES string of the molecule is CCc1noc(COc2cc(OC)ccc2CO)n1. The quantitative estimate of drug-likeness (QED) is 0.855. The van der Waals surface area contributed by atoms with Gasteiger partial charge in [0.25, 0.3) is 5.89 Å². The van der Waals surface area contributed by atoms with Gasteiger partial charge < -0.3 is 19.1 Å². The standard InChI is InChI=1S/C13H16N2O4/c1-3-12-14-13(19-15-12)8-18-11-6-10(17-2)5-4-9(11)7-16/h4-6,16H,3,7-8H2,1-2H3. The number of hydrogen-bond acceptors (Lipinski definition) is 6. The summed E-state index contributed by atoms with van der Waals surface area (Å²) in [5.74, 6) is 2.25. The number of hydrogen-bond donors (Lipinski definition) is 1. The number of aromatic nitrogens is 2. The average molecular weight is 264 g/mol. The minimum atomic E-state index is -0.108. The molecule has 6 heteroatoms. The predicted molar refractivity (Wildman–Crippen MR) is 66.9 cm³/mol. The highest BCUT2D eigenvalue weighted by atomic mass is 16.5. The van der Waals surface area contributed by atoms with Gasteiger partial charge in [0.1, 0.15) is 11.5 Å². The lowest BCUT2D eigenvalue weighted by Crippen LogP contribution is -2.00. The molecule has 6 nitrogen and oxygen atoms in total. The van der Waals surface area contributed by atoms with E-state index in [1.807, 2.05) is 6.92 Å². The van der Waals surface area contributed by atoms with Crippen molar-refractivity contribution in [3.8, 4) is 11.5 Å². The second-order valence-electron chi connectivity index (χ2n) is 3.88. The monoisotopic (exact) mass is 264 g/mol. The second kappa shape index (κ2) is 6.19. The van der Waals surface area contributed by atoms with E-state index in [0.717, 1.165) is 0 Å². The number of aliphatic hydroxyl groups is 1. The van der Waals surface area contributed by atoms with Crippen LogP contribution in [0.2, 0.25) is 0 Å². The van der Waals surface area contributed by atoms with E-state index in [9.17, 15) is 5.11 Å². The molecule has 0 spiro atoms. The number of methoxy groups -OCH3 is 1. The van der Waals surface area contributed by atoms with Crippen LogP contribution in [0.3, 0.4) is 0 Å². The van der Waals surface area contributed by atoms with Gasteiger partial charge in [-0.2, -0.15) is 4.98 Å². The van der Waals surface area contributed by atoms with E-state index < -0.39 is 0 Å². The lowest BCUT2D eigenvalue weighted by Gasteiger charge is -2.10. The molecule has 0 radical (unpaired) electrons. The zero-order valence-corrected chi connectivity index (χ0v) is 10.9. The van der Waals surface area contributed by atoms with Crippen LogP contribution in [-0.2, 0) is 19.6 Å². The van der Waals surface area contributed by atoms with E-state index in [2.05, 4.69) is 10.1 Å². The number of rotatable bonds is 6. The zero-order chi connectivity index (χ0) is 13.7. The Bertz CT molecular complexity index is 539. The van der Waals surface area contributed by atoms with Crippen LogP contribution >= 0.6 is 0 Å². The summed E-state index contributed by atoms with van der Waals surface area (Å²) in [6, 6.07) is 5.22. The van der Waals surface area contributed by atoms with Gasteiger partial charge >= 0.3 is 0 Å².